The topological polar surface area (TPSA) is 75.4 Å². The van der Waals surface area contributed by atoms with Gasteiger partial charge in [-0.15, -0.1) is 0 Å². The summed E-state index contributed by atoms with van der Waals surface area (Å²) in [5.41, 5.74) is 0.788. The highest BCUT2D eigenvalue weighted by atomic mass is 16.5. The van der Waals surface area contributed by atoms with Crippen molar-refractivity contribution < 1.29 is 19.0 Å². The maximum atomic E-state index is 13.2. The highest BCUT2D eigenvalue weighted by Crippen LogP contribution is 2.32. The Labute approximate surface area is 175 Å². The first-order valence-electron chi connectivity index (χ1n) is 9.97. The molecule has 0 atom stereocenters. The highest BCUT2D eigenvalue weighted by molar-refractivity contribution is 5.83. The van der Waals surface area contributed by atoms with Crippen LogP contribution >= 0.6 is 0 Å². The van der Waals surface area contributed by atoms with Gasteiger partial charge in [-0.3, -0.25) is 9.69 Å². The number of benzene rings is 2. The lowest BCUT2D eigenvalue weighted by molar-refractivity contribution is 0.147. The molecule has 2 heterocycles. The van der Waals surface area contributed by atoms with Gasteiger partial charge in [0.2, 0.25) is 11.2 Å². The molecule has 1 fully saturated rings. The van der Waals surface area contributed by atoms with Gasteiger partial charge in [-0.1, -0.05) is 0 Å². The Balaban J connectivity index is 1.70. The minimum absolute atomic E-state index is 0.132. The third-order valence-corrected chi connectivity index (χ3v) is 5.52. The normalized spacial score (nSPS) is 15.4. The number of hydrogen-bond acceptors (Lipinski definition) is 7. The summed E-state index contributed by atoms with van der Waals surface area (Å²) in [6.45, 7) is 5.95. The fraction of sp³-hybridized carbons (Fsp3) is 0.348. The Hall–Kier alpha value is -3.03. The molecule has 7 nitrogen and oxygen atoms in total. The van der Waals surface area contributed by atoms with Crippen molar-refractivity contribution in [2.45, 2.75) is 13.5 Å². The van der Waals surface area contributed by atoms with Crippen molar-refractivity contribution in [3.8, 4) is 23.0 Å². The van der Waals surface area contributed by atoms with Crippen LogP contribution in [-0.4, -0.2) is 55.2 Å². The average molecular weight is 410 g/mol. The van der Waals surface area contributed by atoms with Crippen LogP contribution in [0.2, 0.25) is 0 Å². The van der Waals surface area contributed by atoms with E-state index in [0.717, 1.165) is 26.2 Å². The molecule has 0 amide bonds. The number of piperazine rings is 1. The molecule has 3 aromatic rings. The summed E-state index contributed by atoms with van der Waals surface area (Å²) in [4.78, 5) is 17.7. The smallest absolute Gasteiger partial charge is 0.235 e. The SMILES string of the molecule is COc1ccc(Oc2c(C)oc3c(CN4CCN(C)CC4)c(O)ccc3c2=O)cc1. The molecule has 158 valence electrons. The molecule has 1 aromatic heterocycles. The Bertz CT molecular complexity index is 1100. The standard InChI is InChI=1S/C23H26N2O5/c1-15-22(30-17-6-4-16(28-3)5-7-17)21(27)18-8-9-20(26)19(23(18)29-15)14-25-12-10-24(2)11-13-25/h4-9,26H,10-14H2,1-3H3. The third-order valence-electron chi connectivity index (χ3n) is 5.52. The number of hydrogen-bond donors (Lipinski definition) is 1. The maximum Gasteiger partial charge on any atom is 0.235 e. The van der Waals surface area contributed by atoms with E-state index in [1.165, 1.54) is 0 Å². The monoisotopic (exact) mass is 410 g/mol. The summed E-state index contributed by atoms with van der Waals surface area (Å²) in [7, 11) is 3.69. The van der Waals surface area contributed by atoms with Crippen LogP contribution in [0.1, 0.15) is 11.3 Å². The average Bonchev–Trinajstić information content (AvgIpc) is 2.75. The molecule has 4 rings (SSSR count). The number of aryl methyl sites for hydroxylation is 1. The van der Waals surface area contributed by atoms with Crippen molar-refractivity contribution >= 4 is 11.0 Å². The Morgan fingerprint density at radius 2 is 1.70 bits per heavy atom. The number of methoxy groups -OCH3 is 1. The number of aromatic hydroxyl groups is 1. The molecule has 0 spiro atoms. The molecule has 30 heavy (non-hydrogen) atoms. The van der Waals surface area contributed by atoms with Gasteiger partial charge in [-0.2, -0.15) is 0 Å². The van der Waals surface area contributed by atoms with Crippen LogP contribution in [0, 0.1) is 6.92 Å². The van der Waals surface area contributed by atoms with Crippen LogP contribution < -0.4 is 14.9 Å². The third kappa shape index (κ3) is 3.99. The molecule has 0 radical (unpaired) electrons. The van der Waals surface area contributed by atoms with Crippen LogP contribution in [0.25, 0.3) is 11.0 Å². The number of nitrogens with zero attached hydrogens (tertiary/aromatic N) is 2. The van der Waals surface area contributed by atoms with Crippen molar-refractivity contribution in [1.82, 2.24) is 9.80 Å². The number of phenolic OH excluding ortho intramolecular Hbond substituents is 1. The van der Waals surface area contributed by atoms with E-state index in [4.69, 9.17) is 13.9 Å². The lowest BCUT2D eigenvalue weighted by Gasteiger charge is -2.32. The van der Waals surface area contributed by atoms with Crippen LogP contribution in [0.5, 0.6) is 23.0 Å². The summed E-state index contributed by atoms with van der Waals surface area (Å²) < 4.78 is 17.0. The quantitative estimate of drug-likeness (QED) is 0.691. The molecular formula is C23H26N2O5. The number of likely N-dealkylation sites (N-methyl/N-ethyl adjacent to an activating group) is 1. The second-order valence-electron chi connectivity index (χ2n) is 7.61. The minimum Gasteiger partial charge on any atom is -0.507 e. The molecule has 2 aromatic carbocycles. The van der Waals surface area contributed by atoms with Gasteiger partial charge in [0, 0.05) is 32.7 Å². The second kappa shape index (κ2) is 8.38. The first-order chi connectivity index (χ1) is 14.5. The van der Waals surface area contributed by atoms with Crippen molar-refractivity contribution in [3.63, 3.8) is 0 Å². The number of phenols is 1. The van der Waals surface area contributed by atoms with Gasteiger partial charge in [0.05, 0.1) is 18.1 Å². The summed E-state index contributed by atoms with van der Waals surface area (Å²) in [6, 6.07) is 10.1. The summed E-state index contributed by atoms with van der Waals surface area (Å²) in [5, 5.41) is 10.9. The zero-order chi connectivity index (χ0) is 21.3. The fourth-order valence-corrected chi connectivity index (χ4v) is 3.66. The summed E-state index contributed by atoms with van der Waals surface area (Å²) in [5.74, 6) is 1.86. The fourth-order valence-electron chi connectivity index (χ4n) is 3.66. The van der Waals surface area contributed by atoms with Crippen LogP contribution in [0.3, 0.4) is 0 Å². The van der Waals surface area contributed by atoms with E-state index < -0.39 is 0 Å². The maximum absolute atomic E-state index is 13.2. The van der Waals surface area contributed by atoms with E-state index in [-0.39, 0.29) is 16.9 Å². The van der Waals surface area contributed by atoms with Gasteiger partial charge >= 0.3 is 0 Å². The first kappa shape index (κ1) is 20.3. The lowest BCUT2D eigenvalue weighted by atomic mass is 10.1. The second-order valence-corrected chi connectivity index (χ2v) is 7.61. The molecule has 7 heteroatoms. The zero-order valence-corrected chi connectivity index (χ0v) is 17.5. The number of fused-ring (bicyclic) bond motifs is 1. The van der Waals surface area contributed by atoms with Gasteiger partial charge in [-0.05, 0) is 50.4 Å². The van der Waals surface area contributed by atoms with Gasteiger partial charge in [0.25, 0.3) is 0 Å². The predicted octanol–water partition coefficient (Wildman–Crippen LogP) is 3.36. The Morgan fingerprint density at radius 3 is 2.37 bits per heavy atom. The molecule has 1 saturated heterocycles. The van der Waals surface area contributed by atoms with Crippen molar-refractivity contribution in [1.29, 1.82) is 0 Å². The molecule has 1 N–H and O–H groups in total. The first-order valence-corrected chi connectivity index (χ1v) is 9.97. The molecule has 1 aliphatic rings. The molecule has 0 bridgehead atoms. The summed E-state index contributed by atoms with van der Waals surface area (Å²) >= 11 is 0. The predicted molar refractivity (Wildman–Crippen MR) is 115 cm³/mol. The molecule has 0 unspecified atom stereocenters. The van der Waals surface area contributed by atoms with Crippen molar-refractivity contribution in [2.75, 3.05) is 40.3 Å². The molecule has 1 aliphatic heterocycles. The molecule has 0 aliphatic carbocycles. The van der Waals surface area contributed by atoms with Gasteiger partial charge in [0.1, 0.15) is 28.6 Å². The van der Waals surface area contributed by atoms with Gasteiger partial charge in [-0.25, -0.2) is 0 Å². The zero-order valence-electron chi connectivity index (χ0n) is 17.5. The van der Waals surface area contributed by atoms with Crippen molar-refractivity contribution in [3.05, 3.63) is 57.9 Å². The van der Waals surface area contributed by atoms with Crippen LogP contribution in [-0.2, 0) is 6.54 Å². The van der Waals surface area contributed by atoms with Crippen LogP contribution in [0.4, 0.5) is 0 Å². The number of rotatable bonds is 5. The van der Waals surface area contributed by atoms with Crippen LogP contribution in [0.15, 0.2) is 45.6 Å². The van der Waals surface area contributed by atoms with E-state index in [1.807, 2.05) is 0 Å². The largest absolute Gasteiger partial charge is 0.507 e. The molecular weight excluding hydrogens is 384 g/mol. The minimum atomic E-state index is -0.260. The summed E-state index contributed by atoms with van der Waals surface area (Å²) in [6.07, 6.45) is 0. The Kier molecular flexibility index (Phi) is 5.65. The number of ether oxygens (including phenoxy) is 2. The highest BCUT2D eigenvalue weighted by Gasteiger charge is 2.21. The van der Waals surface area contributed by atoms with E-state index >= 15 is 0 Å². The van der Waals surface area contributed by atoms with Gasteiger partial charge in [0.15, 0.2) is 0 Å². The van der Waals surface area contributed by atoms with E-state index in [2.05, 4.69) is 16.8 Å². The van der Waals surface area contributed by atoms with Gasteiger partial charge < -0.3 is 23.9 Å². The lowest BCUT2D eigenvalue weighted by Crippen LogP contribution is -2.43. The molecule has 0 saturated carbocycles. The van der Waals surface area contributed by atoms with E-state index in [0.29, 0.717) is 40.3 Å². The van der Waals surface area contributed by atoms with E-state index in [1.54, 1.807) is 50.4 Å². The van der Waals surface area contributed by atoms with E-state index in [9.17, 15) is 9.90 Å². The Morgan fingerprint density at radius 1 is 1.03 bits per heavy atom. The van der Waals surface area contributed by atoms with Crippen molar-refractivity contribution in [2.24, 2.45) is 0 Å².